The molecule has 0 bridgehead atoms. The summed E-state index contributed by atoms with van der Waals surface area (Å²) >= 11 is 0. The number of hydrogen-bond donors (Lipinski definition) is 1. The second-order valence-corrected chi connectivity index (χ2v) is 5.56. The van der Waals surface area contributed by atoms with E-state index in [-0.39, 0.29) is 18.0 Å². The Balaban J connectivity index is 2.21. The van der Waals surface area contributed by atoms with Crippen molar-refractivity contribution in [2.24, 2.45) is 5.41 Å². The predicted octanol–water partition coefficient (Wildman–Crippen LogP) is 3.21. The monoisotopic (exact) mass is 293 g/mol. The molecule has 1 saturated carbocycles. The molecule has 0 aromatic heterocycles. The van der Waals surface area contributed by atoms with E-state index >= 15 is 0 Å². The Morgan fingerprint density at radius 1 is 1.29 bits per heavy atom. The third kappa shape index (κ3) is 3.06. The standard InChI is InChI=1S/C16H20FNO3/c1-2-18(13-8-4-3-7-12(13)17)14(19)11-16(15(20)21)9-5-6-10-16/h3-4,7-8H,2,5-6,9-11H2,1H3,(H,20,21). The predicted molar refractivity (Wildman–Crippen MR) is 77.6 cm³/mol. The van der Waals surface area contributed by atoms with Crippen molar-refractivity contribution in [1.82, 2.24) is 0 Å². The Bertz CT molecular complexity index is 538. The van der Waals surface area contributed by atoms with Crippen LogP contribution in [0.3, 0.4) is 0 Å². The summed E-state index contributed by atoms with van der Waals surface area (Å²) in [6.07, 6.45) is 2.62. The zero-order valence-electron chi connectivity index (χ0n) is 12.1. The van der Waals surface area contributed by atoms with Gasteiger partial charge in [-0.15, -0.1) is 0 Å². The van der Waals surface area contributed by atoms with E-state index < -0.39 is 17.2 Å². The summed E-state index contributed by atoms with van der Waals surface area (Å²) in [5.74, 6) is -1.71. The maximum absolute atomic E-state index is 13.8. The molecule has 0 aliphatic heterocycles. The normalized spacial score (nSPS) is 16.7. The highest BCUT2D eigenvalue weighted by Crippen LogP contribution is 2.42. The number of hydrogen-bond acceptors (Lipinski definition) is 2. The van der Waals surface area contributed by atoms with Crippen LogP contribution in [0.4, 0.5) is 10.1 Å². The molecule has 21 heavy (non-hydrogen) atoms. The lowest BCUT2D eigenvalue weighted by Gasteiger charge is -2.28. The number of anilines is 1. The van der Waals surface area contributed by atoms with Crippen molar-refractivity contribution in [2.75, 3.05) is 11.4 Å². The van der Waals surface area contributed by atoms with Gasteiger partial charge in [-0.3, -0.25) is 9.59 Å². The number of halogens is 1. The van der Waals surface area contributed by atoms with Gasteiger partial charge in [0.05, 0.1) is 11.1 Å². The highest BCUT2D eigenvalue weighted by atomic mass is 19.1. The van der Waals surface area contributed by atoms with Gasteiger partial charge in [-0.2, -0.15) is 0 Å². The number of nitrogens with zero attached hydrogens (tertiary/aromatic N) is 1. The van der Waals surface area contributed by atoms with Crippen LogP contribution >= 0.6 is 0 Å². The number of para-hydroxylation sites is 1. The van der Waals surface area contributed by atoms with E-state index in [0.29, 0.717) is 19.4 Å². The highest BCUT2D eigenvalue weighted by Gasteiger charge is 2.43. The first-order valence-corrected chi connectivity index (χ1v) is 7.28. The molecule has 1 aromatic carbocycles. The Morgan fingerprint density at radius 2 is 1.90 bits per heavy atom. The lowest BCUT2D eigenvalue weighted by atomic mass is 9.82. The number of amides is 1. The molecule has 0 unspecified atom stereocenters. The topological polar surface area (TPSA) is 57.6 Å². The molecule has 1 aliphatic rings. The van der Waals surface area contributed by atoms with E-state index in [1.165, 1.54) is 11.0 Å². The van der Waals surface area contributed by atoms with Gasteiger partial charge in [-0.05, 0) is 31.9 Å². The summed E-state index contributed by atoms with van der Waals surface area (Å²) in [5, 5.41) is 9.45. The Hall–Kier alpha value is -1.91. The number of benzene rings is 1. The molecule has 0 spiro atoms. The smallest absolute Gasteiger partial charge is 0.310 e. The third-order valence-electron chi connectivity index (χ3n) is 4.26. The number of carboxylic acid groups (broad SMARTS) is 1. The van der Waals surface area contributed by atoms with Crippen LogP contribution in [-0.4, -0.2) is 23.5 Å². The average molecular weight is 293 g/mol. The molecule has 4 nitrogen and oxygen atoms in total. The van der Waals surface area contributed by atoms with Gasteiger partial charge in [-0.1, -0.05) is 25.0 Å². The second kappa shape index (κ2) is 6.24. The van der Waals surface area contributed by atoms with E-state index in [2.05, 4.69) is 0 Å². The third-order valence-corrected chi connectivity index (χ3v) is 4.26. The van der Waals surface area contributed by atoms with Gasteiger partial charge in [0.1, 0.15) is 5.82 Å². The zero-order valence-corrected chi connectivity index (χ0v) is 12.1. The number of carbonyl (C=O) groups excluding carboxylic acids is 1. The first-order valence-electron chi connectivity index (χ1n) is 7.28. The van der Waals surface area contributed by atoms with Crippen LogP contribution in [-0.2, 0) is 9.59 Å². The first-order chi connectivity index (χ1) is 10.00. The molecule has 1 fully saturated rings. The van der Waals surface area contributed by atoms with Gasteiger partial charge < -0.3 is 10.0 Å². The molecule has 5 heteroatoms. The van der Waals surface area contributed by atoms with Crippen LogP contribution < -0.4 is 4.90 Å². The molecule has 0 heterocycles. The van der Waals surface area contributed by atoms with Crippen LogP contribution in [0, 0.1) is 11.2 Å². The van der Waals surface area contributed by atoms with Gasteiger partial charge in [0.15, 0.2) is 0 Å². The molecule has 1 aromatic rings. The van der Waals surface area contributed by atoms with Gasteiger partial charge in [0.25, 0.3) is 0 Å². The molecule has 0 radical (unpaired) electrons. The van der Waals surface area contributed by atoms with Crippen LogP contribution in [0.1, 0.15) is 39.0 Å². The average Bonchev–Trinajstić information content (AvgIpc) is 2.91. The van der Waals surface area contributed by atoms with Crippen molar-refractivity contribution < 1.29 is 19.1 Å². The summed E-state index contributed by atoms with van der Waals surface area (Å²) in [4.78, 5) is 25.3. The van der Waals surface area contributed by atoms with Gasteiger partial charge >= 0.3 is 5.97 Å². The zero-order chi connectivity index (χ0) is 15.5. The molecule has 1 N–H and O–H groups in total. The fraction of sp³-hybridized carbons (Fsp3) is 0.500. The maximum Gasteiger partial charge on any atom is 0.310 e. The Labute approximate surface area is 123 Å². The van der Waals surface area contributed by atoms with Gasteiger partial charge in [0.2, 0.25) is 5.91 Å². The van der Waals surface area contributed by atoms with E-state index in [0.717, 1.165) is 12.8 Å². The SMILES string of the molecule is CCN(C(=O)CC1(C(=O)O)CCCC1)c1ccccc1F. The summed E-state index contributed by atoms with van der Waals surface area (Å²) in [6, 6.07) is 6.07. The fourth-order valence-electron chi connectivity index (χ4n) is 3.05. The van der Waals surface area contributed by atoms with E-state index in [9.17, 15) is 19.1 Å². The van der Waals surface area contributed by atoms with Crippen molar-refractivity contribution >= 4 is 17.6 Å². The number of carbonyl (C=O) groups is 2. The van der Waals surface area contributed by atoms with Crippen LogP contribution in [0.15, 0.2) is 24.3 Å². The van der Waals surface area contributed by atoms with Crippen molar-refractivity contribution in [1.29, 1.82) is 0 Å². The Morgan fingerprint density at radius 3 is 2.43 bits per heavy atom. The largest absolute Gasteiger partial charge is 0.481 e. The molecule has 0 atom stereocenters. The minimum atomic E-state index is -0.976. The molecule has 0 saturated heterocycles. The quantitative estimate of drug-likeness (QED) is 0.907. The molecule has 2 rings (SSSR count). The fourth-order valence-corrected chi connectivity index (χ4v) is 3.05. The molecule has 114 valence electrons. The van der Waals surface area contributed by atoms with E-state index in [4.69, 9.17) is 0 Å². The summed E-state index contributed by atoms with van der Waals surface area (Å²) in [6.45, 7) is 2.07. The lowest BCUT2D eigenvalue weighted by molar-refractivity contribution is -0.151. The van der Waals surface area contributed by atoms with Gasteiger partial charge in [0, 0.05) is 13.0 Å². The molecule has 1 aliphatic carbocycles. The van der Waals surface area contributed by atoms with Gasteiger partial charge in [-0.25, -0.2) is 4.39 Å². The molecular weight excluding hydrogens is 273 g/mol. The highest BCUT2D eigenvalue weighted by molar-refractivity contribution is 5.96. The van der Waals surface area contributed by atoms with Crippen LogP contribution in [0.5, 0.6) is 0 Å². The van der Waals surface area contributed by atoms with Crippen molar-refractivity contribution in [2.45, 2.75) is 39.0 Å². The van der Waals surface area contributed by atoms with E-state index in [1.807, 2.05) is 0 Å². The maximum atomic E-state index is 13.8. The summed E-state index contributed by atoms with van der Waals surface area (Å²) < 4.78 is 13.8. The lowest BCUT2D eigenvalue weighted by Crippen LogP contribution is -2.39. The van der Waals surface area contributed by atoms with Crippen LogP contribution in [0.25, 0.3) is 0 Å². The van der Waals surface area contributed by atoms with Crippen molar-refractivity contribution in [3.8, 4) is 0 Å². The number of rotatable bonds is 5. The van der Waals surface area contributed by atoms with Crippen molar-refractivity contribution in [3.63, 3.8) is 0 Å². The minimum absolute atomic E-state index is 0.0650. The minimum Gasteiger partial charge on any atom is -0.481 e. The molecular formula is C16H20FNO3. The van der Waals surface area contributed by atoms with Crippen LogP contribution in [0.2, 0.25) is 0 Å². The number of aliphatic carboxylic acids is 1. The van der Waals surface area contributed by atoms with E-state index in [1.54, 1.807) is 25.1 Å². The number of carboxylic acids is 1. The first kappa shape index (κ1) is 15.5. The van der Waals surface area contributed by atoms with Crippen molar-refractivity contribution in [3.05, 3.63) is 30.1 Å². The summed E-state index contributed by atoms with van der Waals surface area (Å²) in [7, 11) is 0. The Kier molecular flexibility index (Phi) is 4.60. The summed E-state index contributed by atoms with van der Waals surface area (Å²) in [5.41, 5.74) is -0.765. The molecule has 1 amide bonds. The second-order valence-electron chi connectivity index (χ2n) is 5.56.